The number of benzene rings is 1. The summed E-state index contributed by atoms with van der Waals surface area (Å²) in [4.78, 5) is 10.1. The summed E-state index contributed by atoms with van der Waals surface area (Å²) < 4.78 is 45.2. The molecule has 0 aliphatic heterocycles. The van der Waals surface area contributed by atoms with E-state index in [0.29, 0.717) is 16.8 Å². The van der Waals surface area contributed by atoms with E-state index in [2.05, 4.69) is 5.10 Å². The van der Waals surface area contributed by atoms with Crippen molar-refractivity contribution in [3.05, 3.63) is 50.5 Å². The summed E-state index contributed by atoms with van der Waals surface area (Å²) in [6.07, 6.45) is 0. The van der Waals surface area contributed by atoms with Gasteiger partial charge in [-0.05, 0) is 0 Å². The van der Waals surface area contributed by atoms with Gasteiger partial charge in [0.25, 0.3) is 0 Å². The van der Waals surface area contributed by atoms with Crippen LogP contribution in [0.2, 0.25) is 5.15 Å². The average Bonchev–Trinajstić information content (AvgIpc) is 2.71. The van der Waals surface area contributed by atoms with Gasteiger partial charge in [0.05, 0.1) is 11.5 Å². The van der Waals surface area contributed by atoms with Crippen LogP contribution in [-0.2, 0) is 11.3 Å². The van der Waals surface area contributed by atoms with Gasteiger partial charge in [-0.3, -0.25) is 10.1 Å². The van der Waals surface area contributed by atoms with Crippen LogP contribution in [0.25, 0.3) is 5.69 Å². The second-order valence-electron chi connectivity index (χ2n) is 3.91. The normalized spacial score (nSPS) is 10.9. The minimum atomic E-state index is -1.40. The maximum atomic E-state index is 13.7. The van der Waals surface area contributed by atoms with Crippen molar-refractivity contribution >= 4 is 17.3 Å². The number of nitrogens with zero attached hydrogens (tertiary/aromatic N) is 3. The molecule has 0 bridgehead atoms. The first-order chi connectivity index (χ1) is 9.86. The molecule has 0 amide bonds. The van der Waals surface area contributed by atoms with Crippen molar-refractivity contribution < 1.29 is 22.8 Å². The van der Waals surface area contributed by atoms with E-state index >= 15 is 0 Å². The van der Waals surface area contributed by atoms with Gasteiger partial charge in [-0.15, -0.1) is 0 Å². The number of aromatic nitrogens is 2. The molecule has 0 saturated carbocycles. The maximum Gasteiger partial charge on any atom is 0.331 e. The van der Waals surface area contributed by atoms with Gasteiger partial charge in [-0.2, -0.15) is 5.10 Å². The number of ether oxygens (including phenoxy) is 1. The number of hydrogen-bond acceptors (Lipinski definition) is 4. The van der Waals surface area contributed by atoms with Crippen LogP contribution in [0.3, 0.4) is 0 Å². The third-order valence-electron chi connectivity index (χ3n) is 2.56. The zero-order valence-electron chi connectivity index (χ0n) is 10.4. The van der Waals surface area contributed by atoms with Crippen molar-refractivity contribution in [2.24, 2.45) is 0 Å². The van der Waals surface area contributed by atoms with Gasteiger partial charge in [-0.1, -0.05) is 11.6 Å². The zero-order valence-corrected chi connectivity index (χ0v) is 11.2. The third kappa shape index (κ3) is 2.69. The van der Waals surface area contributed by atoms with Crippen molar-refractivity contribution in [1.82, 2.24) is 9.78 Å². The first kappa shape index (κ1) is 15.3. The lowest BCUT2D eigenvalue weighted by Gasteiger charge is -2.04. The lowest BCUT2D eigenvalue weighted by atomic mass is 10.3. The summed E-state index contributed by atoms with van der Waals surface area (Å²) in [5.74, 6) is -3.91. The van der Waals surface area contributed by atoms with E-state index in [1.165, 1.54) is 7.11 Å². The molecule has 112 valence electrons. The Morgan fingerprint density at radius 2 is 1.95 bits per heavy atom. The van der Waals surface area contributed by atoms with Crippen LogP contribution in [-0.4, -0.2) is 21.8 Å². The van der Waals surface area contributed by atoms with Gasteiger partial charge in [0.2, 0.25) is 5.15 Å². The predicted octanol–water partition coefficient (Wildman–Crippen LogP) is 3.00. The molecule has 2 aromatic rings. The predicted molar refractivity (Wildman–Crippen MR) is 65.8 cm³/mol. The molecule has 1 aromatic heterocycles. The number of nitro groups is 1. The Balaban J connectivity index is 2.67. The Hall–Kier alpha value is -2.13. The van der Waals surface area contributed by atoms with E-state index in [-0.39, 0.29) is 12.3 Å². The summed E-state index contributed by atoms with van der Waals surface area (Å²) in [5, 5.41) is 14.1. The summed E-state index contributed by atoms with van der Waals surface area (Å²) in [6.45, 7) is -0.256. The van der Waals surface area contributed by atoms with E-state index < -0.39 is 38.9 Å². The highest BCUT2D eigenvalue weighted by Crippen LogP contribution is 2.32. The molecule has 10 heteroatoms. The molecule has 0 aliphatic carbocycles. The molecule has 1 heterocycles. The topological polar surface area (TPSA) is 70.2 Å². The first-order valence-corrected chi connectivity index (χ1v) is 5.80. The van der Waals surface area contributed by atoms with Crippen LogP contribution in [0.1, 0.15) is 5.69 Å². The minimum Gasteiger partial charge on any atom is -0.378 e. The number of halogens is 4. The van der Waals surface area contributed by atoms with Gasteiger partial charge in [-0.25, -0.2) is 17.9 Å². The van der Waals surface area contributed by atoms with Crippen molar-refractivity contribution in [3.8, 4) is 5.69 Å². The zero-order chi connectivity index (χ0) is 15.7. The fraction of sp³-hybridized carbons (Fsp3) is 0.182. The Morgan fingerprint density at radius 1 is 1.33 bits per heavy atom. The van der Waals surface area contributed by atoms with Crippen molar-refractivity contribution in [3.63, 3.8) is 0 Å². The molecule has 0 radical (unpaired) electrons. The van der Waals surface area contributed by atoms with Gasteiger partial charge in [0.15, 0.2) is 23.1 Å². The standard InChI is InChI=1S/C11H7ClF3N3O3/c1-21-4-8-10(18(19)20)11(12)17(16-8)9-3-6(14)5(13)2-7(9)15/h2-3H,4H2,1H3. The van der Waals surface area contributed by atoms with Crippen LogP contribution in [0.4, 0.5) is 18.9 Å². The minimum absolute atomic E-state index is 0.170. The van der Waals surface area contributed by atoms with Gasteiger partial charge >= 0.3 is 5.69 Å². The Kier molecular flexibility index (Phi) is 4.14. The molecule has 0 spiro atoms. The molecule has 21 heavy (non-hydrogen) atoms. The van der Waals surface area contributed by atoms with Gasteiger partial charge in [0.1, 0.15) is 5.69 Å². The number of rotatable bonds is 4. The Bertz CT molecular complexity index is 720. The average molecular weight is 322 g/mol. The van der Waals surface area contributed by atoms with E-state index in [9.17, 15) is 23.3 Å². The van der Waals surface area contributed by atoms with E-state index in [1.54, 1.807) is 0 Å². The molecule has 0 atom stereocenters. The van der Waals surface area contributed by atoms with Crippen LogP contribution in [0.5, 0.6) is 0 Å². The summed E-state index contributed by atoms with van der Waals surface area (Å²) in [6, 6.07) is 0.800. The van der Waals surface area contributed by atoms with Gasteiger partial charge in [0, 0.05) is 19.2 Å². The van der Waals surface area contributed by atoms with E-state index in [0.717, 1.165) is 0 Å². The monoisotopic (exact) mass is 321 g/mol. The number of hydrogen-bond donors (Lipinski definition) is 0. The highest BCUT2D eigenvalue weighted by molar-refractivity contribution is 6.32. The van der Waals surface area contributed by atoms with E-state index in [4.69, 9.17) is 16.3 Å². The lowest BCUT2D eigenvalue weighted by Crippen LogP contribution is -2.03. The molecule has 6 nitrogen and oxygen atoms in total. The second-order valence-corrected chi connectivity index (χ2v) is 4.26. The fourth-order valence-electron chi connectivity index (χ4n) is 1.68. The third-order valence-corrected chi connectivity index (χ3v) is 2.90. The molecule has 1 aromatic carbocycles. The molecule has 0 fully saturated rings. The molecule has 2 rings (SSSR count). The number of methoxy groups -OCH3 is 1. The van der Waals surface area contributed by atoms with Crippen molar-refractivity contribution in [2.75, 3.05) is 7.11 Å². The SMILES string of the molecule is COCc1nn(-c2cc(F)c(F)cc2F)c(Cl)c1[N+](=O)[O-]. The molecular formula is C11H7ClF3N3O3. The molecule has 0 aliphatic rings. The molecule has 0 saturated heterocycles. The first-order valence-electron chi connectivity index (χ1n) is 5.42. The second kappa shape index (κ2) is 5.70. The molecular weight excluding hydrogens is 315 g/mol. The maximum absolute atomic E-state index is 13.7. The highest BCUT2D eigenvalue weighted by Gasteiger charge is 2.28. The van der Waals surface area contributed by atoms with Crippen LogP contribution in [0.15, 0.2) is 12.1 Å². The van der Waals surface area contributed by atoms with Crippen LogP contribution in [0, 0.1) is 27.6 Å². The van der Waals surface area contributed by atoms with Crippen molar-refractivity contribution in [2.45, 2.75) is 6.61 Å². The quantitative estimate of drug-likeness (QED) is 0.493. The van der Waals surface area contributed by atoms with Gasteiger partial charge < -0.3 is 4.74 Å². The Labute approximate surface area is 120 Å². The lowest BCUT2D eigenvalue weighted by molar-refractivity contribution is -0.385. The molecule has 0 N–H and O–H groups in total. The van der Waals surface area contributed by atoms with Crippen LogP contribution >= 0.6 is 11.6 Å². The molecule has 0 unspecified atom stereocenters. The summed E-state index contributed by atoms with van der Waals surface area (Å²) >= 11 is 5.78. The van der Waals surface area contributed by atoms with E-state index in [1.807, 2.05) is 0 Å². The largest absolute Gasteiger partial charge is 0.378 e. The Morgan fingerprint density at radius 3 is 2.52 bits per heavy atom. The summed E-state index contributed by atoms with van der Waals surface area (Å²) in [7, 11) is 1.27. The highest BCUT2D eigenvalue weighted by atomic mass is 35.5. The smallest absolute Gasteiger partial charge is 0.331 e. The fourth-order valence-corrected chi connectivity index (χ4v) is 1.99. The van der Waals surface area contributed by atoms with Crippen LogP contribution < -0.4 is 0 Å². The summed E-state index contributed by atoms with van der Waals surface area (Å²) in [5.41, 5.74) is -1.32. The van der Waals surface area contributed by atoms with Crippen molar-refractivity contribution in [1.29, 1.82) is 0 Å².